The second-order valence-corrected chi connectivity index (χ2v) is 22.0. The minimum Gasteiger partial charge on any atom is -0.489 e. The van der Waals surface area contributed by atoms with Crippen LogP contribution in [0.3, 0.4) is 0 Å². The third kappa shape index (κ3) is 11.5. The van der Waals surface area contributed by atoms with Gasteiger partial charge in [0.15, 0.2) is 0 Å². The van der Waals surface area contributed by atoms with Crippen LogP contribution >= 0.6 is 22.9 Å². The molecule has 3 N–H and O–H groups in total. The monoisotopic (exact) mass is 979 g/mol. The highest BCUT2D eigenvalue weighted by molar-refractivity contribution is 7.13. The molecule has 2 saturated heterocycles. The molecule has 0 bridgehead atoms. The highest BCUT2D eigenvalue weighted by Gasteiger charge is 2.64. The van der Waals surface area contributed by atoms with Crippen molar-refractivity contribution in [1.82, 2.24) is 35.7 Å². The van der Waals surface area contributed by atoms with Crippen molar-refractivity contribution in [2.24, 2.45) is 16.2 Å². The molecular weight excluding hydrogens is 914 g/mol. The van der Waals surface area contributed by atoms with Crippen molar-refractivity contribution in [3.63, 3.8) is 0 Å². The molecule has 15 nitrogen and oxygen atoms in total. The molecule has 4 amide bonds. The van der Waals surface area contributed by atoms with Gasteiger partial charge in [0.2, 0.25) is 17.7 Å². The van der Waals surface area contributed by atoms with Gasteiger partial charge in [-0.05, 0) is 67.5 Å². The van der Waals surface area contributed by atoms with Crippen LogP contribution in [-0.2, 0) is 19.1 Å². The van der Waals surface area contributed by atoms with Gasteiger partial charge in [-0.3, -0.25) is 24.1 Å². The molecule has 4 aromatic rings. The summed E-state index contributed by atoms with van der Waals surface area (Å²) in [7, 11) is 0. The number of nitrogens with zero attached hydrogens (tertiary/aromatic N) is 6. The molecule has 2 aromatic carbocycles. The molecule has 4 heterocycles. The lowest BCUT2D eigenvalue weighted by Crippen LogP contribution is -2.74. The van der Waals surface area contributed by atoms with Gasteiger partial charge in [-0.15, -0.1) is 11.3 Å². The number of hydrogen-bond donors (Lipinski definition) is 3. The Hall–Kier alpha value is -5.60. The largest absolute Gasteiger partial charge is 0.489 e. The third-order valence-corrected chi connectivity index (χ3v) is 15.2. The van der Waals surface area contributed by atoms with E-state index in [0.29, 0.717) is 54.4 Å². The molecule has 2 aromatic heterocycles. The van der Waals surface area contributed by atoms with E-state index in [1.807, 2.05) is 70.5 Å². The average Bonchev–Trinajstić information content (AvgIpc) is 4.00. The van der Waals surface area contributed by atoms with E-state index in [1.54, 1.807) is 46.7 Å². The Morgan fingerprint density at radius 2 is 1.67 bits per heavy atom. The van der Waals surface area contributed by atoms with Crippen molar-refractivity contribution in [2.45, 2.75) is 105 Å². The first-order valence-electron chi connectivity index (χ1n) is 23.8. The van der Waals surface area contributed by atoms with Crippen molar-refractivity contribution in [1.29, 1.82) is 5.26 Å². The zero-order valence-corrected chi connectivity index (χ0v) is 42.8. The molecule has 3 aliphatic rings. The number of rotatable bonds is 16. The Kier molecular flexibility index (Phi) is 15.7. The summed E-state index contributed by atoms with van der Waals surface area (Å²) in [6, 6.07) is 17.0. The maximum absolute atomic E-state index is 14.1. The Balaban J connectivity index is 0.822. The van der Waals surface area contributed by atoms with Crippen LogP contribution in [0.5, 0.6) is 5.75 Å². The number of piperazine rings is 1. The second-order valence-electron chi connectivity index (χ2n) is 20.8. The number of amides is 4. The van der Waals surface area contributed by atoms with E-state index in [-0.39, 0.29) is 48.4 Å². The summed E-state index contributed by atoms with van der Waals surface area (Å²) in [6.45, 7) is 22.2. The van der Waals surface area contributed by atoms with Crippen LogP contribution in [0.15, 0.2) is 66.3 Å². The number of nitriles is 1. The van der Waals surface area contributed by atoms with E-state index in [0.717, 1.165) is 53.7 Å². The molecule has 368 valence electrons. The number of pyridine rings is 1. The maximum atomic E-state index is 14.1. The molecule has 3 fully saturated rings. The van der Waals surface area contributed by atoms with Crippen LogP contribution in [0, 0.1) is 34.5 Å². The highest BCUT2D eigenvalue weighted by atomic mass is 35.5. The first kappa shape index (κ1) is 51.3. The molecule has 0 radical (unpaired) electrons. The number of likely N-dealkylation sites (tertiary alicyclic amines) is 1. The second kappa shape index (κ2) is 21.2. The van der Waals surface area contributed by atoms with Gasteiger partial charge < -0.3 is 35.2 Å². The summed E-state index contributed by atoms with van der Waals surface area (Å²) < 4.78 is 12.2. The van der Waals surface area contributed by atoms with E-state index in [4.69, 9.17) is 21.1 Å². The number of aromatic nitrogens is 2. The molecular formula is C52H66ClN9O6S. The first-order valence-corrected chi connectivity index (χ1v) is 25.0. The summed E-state index contributed by atoms with van der Waals surface area (Å²) in [6.07, 6.45) is 2.65. The van der Waals surface area contributed by atoms with E-state index in [9.17, 15) is 24.4 Å². The number of carbonyl (C=O) groups is 4. The number of carbonyl (C=O) groups excluding carboxylic acids is 4. The smallest absolute Gasteiger partial charge is 0.253 e. The van der Waals surface area contributed by atoms with Crippen LogP contribution in [0.25, 0.3) is 10.4 Å². The number of nitrogens with one attached hydrogen (secondary N) is 3. The van der Waals surface area contributed by atoms with E-state index < -0.39 is 28.3 Å². The topological polar surface area (TPSA) is 182 Å². The van der Waals surface area contributed by atoms with Gasteiger partial charge in [0.1, 0.15) is 42.4 Å². The zero-order chi connectivity index (χ0) is 49.8. The van der Waals surface area contributed by atoms with Crippen LogP contribution < -0.4 is 25.6 Å². The molecule has 1 aliphatic carbocycles. The normalized spacial score (nSPS) is 20.8. The van der Waals surface area contributed by atoms with E-state index in [1.165, 1.54) is 0 Å². The lowest BCUT2D eigenvalue weighted by Gasteiger charge is -2.63. The van der Waals surface area contributed by atoms with E-state index >= 15 is 0 Å². The Bertz CT molecular complexity index is 2510. The number of anilines is 1. The van der Waals surface area contributed by atoms with Crippen LogP contribution in [0.4, 0.5) is 5.82 Å². The fraction of sp³-hybridized carbons (Fsp3) is 0.519. The zero-order valence-electron chi connectivity index (χ0n) is 41.2. The summed E-state index contributed by atoms with van der Waals surface area (Å²) >= 11 is 7.85. The molecule has 2 aliphatic heterocycles. The van der Waals surface area contributed by atoms with Gasteiger partial charge in [-0.2, -0.15) is 5.26 Å². The van der Waals surface area contributed by atoms with Crippen molar-refractivity contribution < 1.29 is 28.7 Å². The highest BCUT2D eigenvalue weighted by Crippen LogP contribution is 2.55. The average molecular weight is 981 g/mol. The Morgan fingerprint density at radius 3 is 2.28 bits per heavy atom. The molecule has 1 saturated carbocycles. The van der Waals surface area contributed by atoms with Crippen molar-refractivity contribution >= 4 is 52.4 Å². The number of ether oxygens (including phenoxy) is 2. The van der Waals surface area contributed by atoms with Gasteiger partial charge in [0.05, 0.1) is 44.9 Å². The third-order valence-electron chi connectivity index (χ3n) is 14.0. The van der Waals surface area contributed by atoms with Crippen molar-refractivity contribution in [3.05, 3.63) is 93.7 Å². The molecule has 17 heteroatoms. The van der Waals surface area contributed by atoms with Crippen molar-refractivity contribution in [2.75, 3.05) is 57.4 Å². The van der Waals surface area contributed by atoms with Gasteiger partial charge in [0, 0.05) is 68.4 Å². The van der Waals surface area contributed by atoms with E-state index in [2.05, 4.69) is 69.5 Å². The number of halogens is 1. The molecule has 1 unspecified atom stereocenters. The summed E-state index contributed by atoms with van der Waals surface area (Å²) in [5, 5.41) is 18.9. The summed E-state index contributed by atoms with van der Waals surface area (Å²) in [4.78, 5) is 70.7. The molecule has 7 rings (SSSR count). The van der Waals surface area contributed by atoms with Gasteiger partial charge >= 0.3 is 0 Å². The standard InChI is InChI=1S/C52H66ClN9O6S/c1-32(34-12-14-35(15-13-34)43-33(2)56-31-69-43)57-46(65)40-11-10-20-62(40)47(66)44(50(3,4)5)58-42(63)30-67-26-25-60-21-23-61(24-22-60)41-19-17-37(29-55-41)45(64)59-48-51(6,7)49(52(48,8)9)68-38-18-16-36(28-54)39(53)27-38/h12-19,27,29,31-32,40,44,48-49H,10-11,20-26,30H2,1-9H3,(H,57,65)(H,58,63)(H,59,64)/t32-,40-,44?,48?,49?/m0/s1. The lowest BCUT2D eigenvalue weighted by atomic mass is 9.49. The van der Waals surface area contributed by atoms with Crippen molar-refractivity contribution in [3.8, 4) is 22.3 Å². The lowest BCUT2D eigenvalue weighted by molar-refractivity contribution is -0.164. The number of aryl methyl sites for hydroxylation is 1. The minimum atomic E-state index is -0.843. The molecule has 69 heavy (non-hydrogen) atoms. The summed E-state index contributed by atoms with van der Waals surface area (Å²) in [5.41, 5.74) is 4.33. The van der Waals surface area contributed by atoms with Gasteiger partial charge in [-0.1, -0.05) is 84.3 Å². The maximum Gasteiger partial charge on any atom is 0.253 e. The number of thiazole rings is 1. The van der Waals surface area contributed by atoms with Gasteiger partial charge in [-0.25, -0.2) is 9.97 Å². The predicted octanol–water partition coefficient (Wildman–Crippen LogP) is 7.19. The molecule has 3 atom stereocenters. The fourth-order valence-corrected chi connectivity index (χ4v) is 11.3. The quantitative estimate of drug-likeness (QED) is 0.0968. The molecule has 0 spiro atoms. The fourth-order valence-electron chi connectivity index (χ4n) is 10.3. The SMILES string of the molecule is Cc1ncsc1-c1ccc([C@H](C)NC(=O)[C@@H]2CCCN2C(=O)C(NC(=O)COCCN2CCN(c3ccc(C(=O)NC4C(C)(C)C(Oc5ccc(C#N)c(Cl)c5)C4(C)C)cn3)CC2)C(C)(C)C)cc1. The number of hydrogen-bond acceptors (Lipinski definition) is 12. The Labute approximate surface area is 415 Å². The predicted molar refractivity (Wildman–Crippen MR) is 268 cm³/mol. The number of benzene rings is 2. The van der Waals surface area contributed by atoms with Gasteiger partial charge in [0.25, 0.3) is 5.91 Å². The van der Waals surface area contributed by atoms with Crippen LogP contribution in [-0.4, -0.2) is 120 Å². The van der Waals surface area contributed by atoms with Crippen LogP contribution in [0.2, 0.25) is 5.02 Å². The minimum absolute atomic E-state index is 0.175. The van der Waals surface area contributed by atoms with Crippen LogP contribution in [0.1, 0.15) is 101 Å². The first-order chi connectivity index (χ1) is 32.7. The summed E-state index contributed by atoms with van der Waals surface area (Å²) in [5.74, 6) is 0.304. The Morgan fingerprint density at radius 1 is 0.957 bits per heavy atom.